The number of carbonyl (C=O) groups is 3. The molecule has 24 heavy (non-hydrogen) atoms. The number of benzene rings is 1. The quantitative estimate of drug-likeness (QED) is 0.580. The molecule has 0 aliphatic carbocycles. The van der Waals surface area contributed by atoms with Gasteiger partial charge in [-0.05, 0) is 31.7 Å². The molecule has 0 atom stereocenters. The molecule has 1 heterocycles. The molecule has 7 nitrogen and oxygen atoms in total. The van der Waals surface area contributed by atoms with Crippen molar-refractivity contribution in [3.8, 4) is 0 Å². The summed E-state index contributed by atoms with van der Waals surface area (Å²) < 4.78 is 0. The number of carbonyl (C=O) groups excluding carboxylic acids is 3. The lowest BCUT2D eigenvalue weighted by Gasteiger charge is -2.16. The van der Waals surface area contributed by atoms with Crippen LogP contribution in [0.2, 0.25) is 0 Å². The van der Waals surface area contributed by atoms with Crippen molar-refractivity contribution in [1.82, 2.24) is 10.9 Å². The number of hydrazine groups is 1. The van der Waals surface area contributed by atoms with Crippen LogP contribution in [0.25, 0.3) is 0 Å². The average Bonchev–Trinajstić information content (AvgIpc) is 2.86. The molecule has 2 amide bonds. The fourth-order valence-corrected chi connectivity index (χ4v) is 2.88. The summed E-state index contributed by atoms with van der Waals surface area (Å²) in [5, 5.41) is 11.0. The first-order chi connectivity index (χ1) is 11.6. The third-order valence-electron chi connectivity index (χ3n) is 4.22. The highest BCUT2D eigenvalue weighted by Crippen LogP contribution is 2.07. The molecule has 1 aromatic carbocycles. The Balaban J connectivity index is 1.79. The van der Waals surface area contributed by atoms with E-state index in [0.29, 0.717) is 6.42 Å². The number of quaternary nitrogens is 1. The van der Waals surface area contributed by atoms with Crippen LogP contribution < -0.4 is 20.9 Å². The van der Waals surface area contributed by atoms with Crippen LogP contribution in [0.1, 0.15) is 52.8 Å². The normalized spacial score (nSPS) is 15.3. The summed E-state index contributed by atoms with van der Waals surface area (Å²) in [5.41, 5.74) is 4.34. The first-order valence-electron chi connectivity index (χ1n) is 8.31. The van der Waals surface area contributed by atoms with Gasteiger partial charge in [0.2, 0.25) is 5.91 Å². The van der Waals surface area contributed by atoms with Gasteiger partial charge in [0.15, 0.2) is 0 Å². The largest absolute Gasteiger partial charge is 0.545 e. The van der Waals surface area contributed by atoms with Gasteiger partial charge >= 0.3 is 0 Å². The van der Waals surface area contributed by atoms with Crippen molar-refractivity contribution in [3.05, 3.63) is 35.4 Å². The maximum absolute atomic E-state index is 12.0. The minimum atomic E-state index is -1.43. The predicted molar refractivity (Wildman–Crippen MR) is 85.0 cm³/mol. The molecule has 1 aromatic rings. The Morgan fingerprint density at radius 1 is 0.958 bits per heavy atom. The molecule has 1 aliphatic rings. The van der Waals surface area contributed by atoms with E-state index in [4.69, 9.17) is 0 Å². The molecule has 7 heteroatoms. The summed E-state index contributed by atoms with van der Waals surface area (Å²) in [4.78, 5) is 36.3. The van der Waals surface area contributed by atoms with Crippen LogP contribution >= 0.6 is 0 Å². The average molecular weight is 333 g/mol. The lowest BCUT2D eigenvalue weighted by Crippen LogP contribution is -3.12. The molecule has 3 N–H and O–H groups in total. The summed E-state index contributed by atoms with van der Waals surface area (Å²) in [5.74, 6) is -2.40. The highest BCUT2D eigenvalue weighted by molar-refractivity contribution is 6.04. The lowest BCUT2D eigenvalue weighted by atomic mass is 10.1. The number of carboxylic acid groups (broad SMARTS) is 1. The summed E-state index contributed by atoms with van der Waals surface area (Å²) >= 11 is 0. The van der Waals surface area contributed by atoms with E-state index in [2.05, 4.69) is 10.9 Å². The number of likely N-dealkylation sites (tertiary alicyclic amines) is 1. The fraction of sp³-hybridized carbons (Fsp3) is 0.471. The number of rotatable bonds is 5. The summed E-state index contributed by atoms with van der Waals surface area (Å²) in [6, 6.07) is 5.71. The highest BCUT2D eigenvalue weighted by atomic mass is 16.4. The molecule has 1 aliphatic heterocycles. The van der Waals surface area contributed by atoms with E-state index >= 15 is 0 Å². The smallest absolute Gasteiger partial charge is 0.270 e. The van der Waals surface area contributed by atoms with Crippen molar-refractivity contribution in [2.24, 2.45) is 0 Å². The van der Waals surface area contributed by atoms with Crippen molar-refractivity contribution in [2.75, 3.05) is 19.6 Å². The summed E-state index contributed by atoms with van der Waals surface area (Å²) in [7, 11) is 0. The Kier molecular flexibility index (Phi) is 6.74. The van der Waals surface area contributed by atoms with Gasteiger partial charge in [-0.3, -0.25) is 20.4 Å². The van der Waals surface area contributed by atoms with Gasteiger partial charge in [-0.2, -0.15) is 0 Å². The third-order valence-corrected chi connectivity index (χ3v) is 4.22. The minimum absolute atomic E-state index is 0.0454. The number of hydrogen-bond donors (Lipinski definition) is 3. The third kappa shape index (κ3) is 5.34. The SMILES string of the molecule is O=C(CC[NH+]1CCCCCC1)NNC(=O)c1ccccc1C(=O)[O-]. The topological polar surface area (TPSA) is 103 Å². The van der Waals surface area contributed by atoms with E-state index in [-0.39, 0.29) is 17.0 Å². The molecule has 0 spiro atoms. The van der Waals surface area contributed by atoms with Crippen LogP contribution in [0.15, 0.2) is 24.3 Å². The minimum Gasteiger partial charge on any atom is -0.545 e. The highest BCUT2D eigenvalue weighted by Gasteiger charge is 2.15. The maximum Gasteiger partial charge on any atom is 0.270 e. The van der Waals surface area contributed by atoms with E-state index in [9.17, 15) is 19.5 Å². The van der Waals surface area contributed by atoms with Crippen molar-refractivity contribution in [2.45, 2.75) is 32.1 Å². The second-order valence-electron chi connectivity index (χ2n) is 6.00. The monoisotopic (exact) mass is 333 g/mol. The van der Waals surface area contributed by atoms with E-state index < -0.39 is 11.9 Å². The molecule has 130 valence electrons. The zero-order valence-corrected chi connectivity index (χ0v) is 13.6. The molecule has 2 rings (SSSR count). The Morgan fingerprint density at radius 2 is 1.58 bits per heavy atom. The van der Waals surface area contributed by atoms with Gasteiger partial charge < -0.3 is 14.8 Å². The molecular weight excluding hydrogens is 310 g/mol. The molecule has 1 saturated heterocycles. The molecule has 0 radical (unpaired) electrons. The van der Waals surface area contributed by atoms with E-state index in [1.54, 1.807) is 6.07 Å². The first-order valence-corrected chi connectivity index (χ1v) is 8.31. The van der Waals surface area contributed by atoms with Crippen LogP contribution in [0, 0.1) is 0 Å². The van der Waals surface area contributed by atoms with Crippen molar-refractivity contribution in [3.63, 3.8) is 0 Å². The molecular formula is C17H23N3O4. The lowest BCUT2D eigenvalue weighted by molar-refractivity contribution is -0.898. The maximum atomic E-state index is 12.0. The van der Waals surface area contributed by atoms with Gasteiger partial charge in [0.05, 0.1) is 37.6 Å². The Morgan fingerprint density at radius 3 is 2.21 bits per heavy atom. The number of hydrogen-bond acceptors (Lipinski definition) is 4. The van der Waals surface area contributed by atoms with Gasteiger partial charge in [0.1, 0.15) is 0 Å². The van der Waals surface area contributed by atoms with Crippen molar-refractivity contribution >= 4 is 17.8 Å². The number of aromatic carboxylic acids is 1. The first kappa shape index (κ1) is 17.9. The van der Waals surface area contributed by atoms with E-state index in [0.717, 1.165) is 19.6 Å². The van der Waals surface area contributed by atoms with Crippen molar-refractivity contribution in [1.29, 1.82) is 0 Å². The summed E-state index contributed by atoms with van der Waals surface area (Å²) in [6.07, 6.45) is 5.20. The van der Waals surface area contributed by atoms with Gasteiger partial charge in [0.25, 0.3) is 5.91 Å². The van der Waals surface area contributed by atoms with Crippen LogP contribution in [0.3, 0.4) is 0 Å². The van der Waals surface area contributed by atoms with Gasteiger partial charge in [-0.1, -0.05) is 18.2 Å². The second kappa shape index (κ2) is 9.02. The van der Waals surface area contributed by atoms with Gasteiger partial charge in [-0.15, -0.1) is 0 Å². The Labute approximate surface area is 141 Å². The number of amides is 2. The van der Waals surface area contributed by atoms with Crippen LogP contribution in [0.5, 0.6) is 0 Å². The molecule has 0 aromatic heterocycles. The Hall–Kier alpha value is -2.41. The standard InChI is InChI=1S/C17H23N3O4/c21-15(9-12-20-10-5-1-2-6-11-20)18-19-16(22)13-7-3-4-8-14(13)17(23)24/h3-4,7-8H,1-2,5-6,9-12H2,(H,18,21)(H,19,22)(H,23,24). The molecule has 0 unspecified atom stereocenters. The van der Waals surface area contributed by atoms with Crippen LogP contribution in [0.4, 0.5) is 0 Å². The van der Waals surface area contributed by atoms with Crippen LogP contribution in [-0.2, 0) is 4.79 Å². The summed E-state index contributed by atoms with van der Waals surface area (Å²) in [6.45, 7) is 2.90. The number of carboxylic acids is 1. The second-order valence-corrected chi connectivity index (χ2v) is 6.00. The van der Waals surface area contributed by atoms with E-state index in [1.165, 1.54) is 48.8 Å². The fourth-order valence-electron chi connectivity index (χ4n) is 2.88. The van der Waals surface area contributed by atoms with E-state index in [1.807, 2.05) is 0 Å². The predicted octanol–water partition coefficient (Wildman–Crippen LogP) is -1.34. The molecule has 0 saturated carbocycles. The molecule has 0 bridgehead atoms. The van der Waals surface area contributed by atoms with Gasteiger partial charge in [-0.25, -0.2) is 0 Å². The Bertz CT molecular complexity index is 595. The van der Waals surface area contributed by atoms with Crippen LogP contribution in [-0.4, -0.2) is 37.4 Å². The van der Waals surface area contributed by atoms with Gasteiger partial charge in [0, 0.05) is 5.56 Å². The zero-order valence-electron chi connectivity index (χ0n) is 13.6. The number of nitrogens with one attached hydrogen (secondary N) is 3. The zero-order chi connectivity index (χ0) is 17.4. The van der Waals surface area contributed by atoms with Crippen molar-refractivity contribution < 1.29 is 24.4 Å². The molecule has 1 fully saturated rings.